The normalized spacial score (nSPS) is 13.7. The summed E-state index contributed by atoms with van der Waals surface area (Å²) in [4.78, 5) is 35.0. The Morgan fingerprint density at radius 2 is 1.88 bits per heavy atom. The van der Waals surface area contributed by atoms with Crippen LogP contribution in [0, 0.1) is 5.82 Å². The van der Waals surface area contributed by atoms with Gasteiger partial charge in [-0.1, -0.05) is 24.3 Å². The number of fused-ring (bicyclic) bond motifs is 2. The van der Waals surface area contributed by atoms with Crippen LogP contribution >= 0.6 is 0 Å². The molecule has 1 atom stereocenters. The molecule has 33 heavy (non-hydrogen) atoms. The van der Waals surface area contributed by atoms with Gasteiger partial charge in [0.15, 0.2) is 5.69 Å². The number of aromatic nitrogens is 3. The van der Waals surface area contributed by atoms with Crippen molar-refractivity contribution >= 4 is 23.1 Å². The minimum absolute atomic E-state index is 0.147. The van der Waals surface area contributed by atoms with E-state index in [1.165, 1.54) is 33.9 Å². The standard InChI is InChI=1S/C24H20FN5O3/c1-14(27-19-7-4-8-26-22(19)24(32)33)18-9-17(25)13-30-21(31)10-20(28-23(18)30)29-11-15-5-2-3-6-16(15)12-29/h2-10,13-14,27H,11-12H2,1H3,(H,32,33)/t14-/m1/s1. The van der Waals surface area contributed by atoms with Gasteiger partial charge in [-0.2, -0.15) is 0 Å². The highest BCUT2D eigenvalue weighted by molar-refractivity contribution is 5.91. The topological polar surface area (TPSA) is 99.8 Å². The van der Waals surface area contributed by atoms with E-state index in [1.54, 1.807) is 19.1 Å². The largest absolute Gasteiger partial charge is 0.476 e. The van der Waals surface area contributed by atoms with Crippen LogP contribution in [0.2, 0.25) is 0 Å². The van der Waals surface area contributed by atoms with Crippen LogP contribution in [0.5, 0.6) is 0 Å². The first-order chi connectivity index (χ1) is 15.9. The molecule has 1 aliphatic heterocycles. The highest BCUT2D eigenvalue weighted by Crippen LogP contribution is 2.29. The zero-order valence-electron chi connectivity index (χ0n) is 17.7. The van der Waals surface area contributed by atoms with Gasteiger partial charge in [0.25, 0.3) is 5.56 Å². The lowest BCUT2D eigenvalue weighted by Crippen LogP contribution is -2.24. The van der Waals surface area contributed by atoms with Gasteiger partial charge in [0.2, 0.25) is 0 Å². The third kappa shape index (κ3) is 3.78. The van der Waals surface area contributed by atoms with E-state index in [2.05, 4.69) is 10.3 Å². The zero-order valence-corrected chi connectivity index (χ0v) is 17.7. The summed E-state index contributed by atoms with van der Waals surface area (Å²) in [6.07, 6.45) is 2.49. The van der Waals surface area contributed by atoms with Crippen molar-refractivity contribution < 1.29 is 14.3 Å². The van der Waals surface area contributed by atoms with Crippen LogP contribution < -0.4 is 15.8 Å². The number of carboxylic acid groups (broad SMARTS) is 1. The van der Waals surface area contributed by atoms with E-state index in [0.29, 0.717) is 30.1 Å². The van der Waals surface area contributed by atoms with Crippen LogP contribution in [0.15, 0.2) is 65.7 Å². The fourth-order valence-electron chi connectivity index (χ4n) is 4.16. The summed E-state index contributed by atoms with van der Waals surface area (Å²) in [5, 5.41) is 12.5. The van der Waals surface area contributed by atoms with Crippen LogP contribution in [0.3, 0.4) is 0 Å². The van der Waals surface area contributed by atoms with Crippen LogP contribution in [-0.4, -0.2) is 25.4 Å². The number of rotatable bonds is 5. The van der Waals surface area contributed by atoms with Gasteiger partial charge in [0.1, 0.15) is 17.3 Å². The minimum Gasteiger partial charge on any atom is -0.476 e. The maximum atomic E-state index is 14.4. The Hall–Kier alpha value is -4.27. The molecule has 0 spiro atoms. The maximum Gasteiger partial charge on any atom is 0.356 e. The first-order valence-corrected chi connectivity index (χ1v) is 10.4. The van der Waals surface area contributed by atoms with E-state index >= 15 is 0 Å². The molecule has 166 valence electrons. The predicted molar refractivity (Wildman–Crippen MR) is 121 cm³/mol. The molecule has 0 aliphatic carbocycles. The van der Waals surface area contributed by atoms with Gasteiger partial charge in [-0.3, -0.25) is 9.20 Å². The monoisotopic (exact) mass is 445 g/mol. The summed E-state index contributed by atoms with van der Waals surface area (Å²) in [5.74, 6) is -1.27. The molecule has 1 aliphatic rings. The molecule has 4 heterocycles. The van der Waals surface area contributed by atoms with Crippen molar-refractivity contribution in [3.05, 3.63) is 99.5 Å². The summed E-state index contributed by atoms with van der Waals surface area (Å²) < 4.78 is 15.6. The van der Waals surface area contributed by atoms with Gasteiger partial charge in [-0.25, -0.2) is 19.2 Å². The van der Waals surface area contributed by atoms with Crippen molar-refractivity contribution in [2.45, 2.75) is 26.1 Å². The van der Waals surface area contributed by atoms with Crippen LogP contribution in [0.1, 0.15) is 40.1 Å². The minimum atomic E-state index is -1.18. The second-order valence-corrected chi connectivity index (χ2v) is 7.96. The summed E-state index contributed by atoms with van der Waals surface area (Å²) in [5.41, 5.74) is 2.81. The smallest absolute Gasteiger partial charge is 0.356 e. The number of halogens is 1. The predicted octanol–water partition coefficient (Wildman–Crippen LogP) is 3.62. The molecule has 0 unspecified atom stereocenters. The van der Waals surface area contributed by atoms with E-state index < -0.39 is 23.4 Å². The van der Waals surface area contributed by atoms with E-state index in [-0.39, 0.29) is 11.4 Å². The molecule has 3 aromatic heterocycles. The van der Waals surface area contributed by atoms with Gasteiger partial charge in [0, 0.05) is 37.1 Å². The molecular formula is C24H20FN5O3. The Kier molecular flexibility index (Phi) is 5.01. The third-order valence-electron chi connectivity index (χ3n) is 5.76. The Labute approximate surface area is 188 Å². The molecule has 9 heteroatoms. The quantitative estimate of drug-likeness (QED) is 0.484. The second kappa shape index (κ2) is 8.01. The molecule has 0 saturated carbocycles. The van der Waals surface area contributed by atoms with Crippen LogP contribution in [0.25, 0.3) is 5.65 Å². The van der Waals surface area contributed by atoms with Crippen molar-refractivity contribution in [1.29, 1.82) is 0 Å². The zero-order chi connectivity index (χ0) is 23.1. The lowest BCUT2D eigenvalue weighted by molar-refractivity contribution is 0.0691. The molecule has 8 nitrogen and oxygen atoms in total. The number of carbonyl (C=O) groups is 1. The summed E-state index contributed by atoms with van der Waals surface area (Å²) in [7, 11) is 0. The Balaban J connectivity index is 1.57. The number of hydrogen-bond donors (Lipinski definition) is 2. The number of nitrogens with zero attached hydrogens (tertiary/aromatic N) is 4. The molecule has 2 N–H and O–H groups in total. The molecule has 0 bridgehead atoms. The highest BCUT2D eigenvalue weighted by atomic mass is 19.1. The number of pyridine rings is 2. The molecule has 4 aromatic rings. The fourth-order valence-corrected chi connectivity index (χ4v) is 4.16. The summed E-state index contributed by atoms with van der Waals surface area (Å²) >= 11 is 0. The molecule has 0 radical (unpaired) electrons. The van der Waals surface area contributed by atoms with Crippen LogP contribution in [0.4, 0.5) is 15.9 Å². The number of aromatic carboxylic acids is 1. The average molecular weight is 445 g/mol. The Morgan fingerprint density at radius 1 is 1.15 bits per heavy atom. The number of benzene rings is 1. The van der Waals surface area contributed by atoms with E-state index in [1.807, 2.05) is 29.2 Å². The first kappa shape index (κ1) is 20.6. The molecule has 0 fully saturated rings. The first-order valence-electron chi connectivity index (χ1n) is 10.4. The average Bonchev–Trinajstić information content (AvgIpc) is 3.23. The molecular weight excluding hydrogens is 425 g/mol. The highest BCUT2D eigenvalue weighted by Gasteiger charge is 2.23. The van der Waals surface area contributed by atoms with Gasteiger partial charge in [-0.05, 0) is 36.2 Å². The number of anilines is 2. The molecule has 1 aromatic carbocycles. The third-order valence-corrected chi connectivity index (χ3v) is 5.76. The Bertz CT molecular complexity index is 1430. The van der Waals surface area contributed by atoms with Gasteiger partial charge >= 0.3 is 5.97 Å². The molecule has 5 rings (SSSR count). The lowest BCUT2D eigenvalue weighted by atomic mass is 10.1. The van der Waals surface area contributed by atoms with Crippen molar-refractivity contribution in [1.82, 2.24) is 14.4 Å². The lowest BCUT2D eigenvalue weighted by Gasteiger charge is -2.21. The summed E-state index contributed by atoms with van der Waals surface area (Å²) in [6, 6.07) is 13.4. The fraction of sp³-hybridized carbons (Fsp3) is 0.167. The summed E-state index contributed by atoms with van der Waals surface area (Å²) in [6.45, 7) is 3.00. The second-order valence-electron chi connectivity index (χ2n) is 7.96. The van der Waals surface area contributed by atoms with Gasteiger partial charge in [-0.15, -0.1) is 0 Å². The van der Waals surface area contributed by atoms with E-state index in [9.17, 15) is 19.1 Å². The van der Waals surface area contributed by atoms with Crippen molar-refractivity contribution in [3.63, 3.8) is 0 Å². The van der Waals surface area contributed by atoms with Gasteiger partial charge < -0.3 is 15.3 Å². The number of hydrogen-bond acceptors (Lipinski definition) is 6. The molecule has 0 amide bonds. The number of nitrogens with one attached hydrogen (secondary N) is 1. The van der Waals surface area contributed by atoms with Crippen LogP contribution in [-0.2, 0) is 13.1 Å². The van der Waals surface area contributed by atoms with Crippen molar-refractivity contribution in [2.75, 3.05) is 10.2 Å². The number of carboxylic acids is 1. The van der Waals surface area contributed by atoms with Crippen molar-refractivity contribution in [2.24, 2.45) is 0 Å². The van der Waals surface area contributed by atoms with Gasteiger partial charge in [0.05, 0.1) is 11.7 Å². The van der Waals surface area contributed by atoms with Crippen molar-refractivity contribution in [3.8, 4) is 0 Å². The SMILES string of the molecule is C[C@@H](Nc1cccnc1C(=O)O)c1cc(F)cn2c(=O)cc(N3Cc4ccccc4C3)nc12. The maximum absolute atomic E-state index is 14.4. The molecule has 0 saturated heterocycles. The van der Waals surface area contributed by atoms with E-state index in [4.69, 9.17) is 4.98 Å². The Morgan fingerprint density at radius 3 is 2.58 bits per heavy atom. The van der Waals surface area contributed by atoms with E-state index in [0.717, 1.165) is 6.20 Å².